The van der Waals surface area contributed by atoms with Crippen molar-refractivity contribution in [2.45, 2.75) is 32.1 Å². The minimum Gasteiger partial charge on any atom is -0.348 e. The Bertz CT molecular complexity index is 1180. The molecule has 0 bridgehead atoms. The molecule has 32 heavy (non-hydrogen) atoms. The zero-order valence-corrected chi connectivity index (χ0v) is 17.7. The quantitative estimate of drug-likeness (QED) is 0.630. The summed E-state index contributed by atoms with van der Waals surface area (Å²) >= 11 is 0. The lowest BCUT2D eigenvalue weighted by Crippen LogP contribution is -2.29. The van der Waals surface area contributed by atoms with Crippen LogP contribution in [0, 0.1) is 5.92 Å². The number of likely N-dealkylation sites (tertiary alicyclic amines) is 1. The van der Waals surface area contributed by atoms with Gasteiger partial charge in [0.2, 0.25) is 0 Å². The highest BCUT2D eigenvalue weighted by molar-refractivity contribution is 5.97. The van der Waals surface area contributed by atoms with E-state index < -0.39 is 12.1 Å². The van der Waals surface area contributed by atoms with Crippen molar-refractivity contribution in [3.63, 3.8) is 0 Å². The van der Waals surface area contributed by atoms with Crippen molar-refractivity contribution >= 4 is 16.9 Å². The number of alkyl halides is 3. The molecule has 2 unspecified atom stereocenters. The number of imidazole rings is 1. The van der Waals surface area contributed by atoms with Crippen LogP contribution in [0.5, 0.6) is 0 Å². The number of halogens is 3. The smallest absolute Gasteiger partial charge is 0.348 e. The number of fused-ring (bicyclic) bond motifs is 1. The van der Waals surface area contributed by atoms with Gasteiger partial charge in [-0.25, -0.2) is 4.79 Å². The summed E-state index contributed by atoms with van der Waals surface area (Å²) in [6, 6.07) is 8.37. The number of nitrogens with zero attached hydrogens (tertiary/aromatic N) is 3. The Morgan fingerprint density at radius 1 is 1.31 bits per heavy atom. The number of nitrogens with one attached hydrogen (secondary N) is 2. The van der Waals surface area contributed by atoms with E-state index >= 15 is 0 Å². The molecule has 2 atom stereocenters. The average molecular weight is 447 g/mol. The van der Waals surface area contributed by atoms with Gasteiger partial charge < -0.3 is 10.3 Å². The molecule has 170 valence electrons. The maximum absolute atomic E-state index is 12.9. The molecule has 3 aromatic rings. The highest BCUT2D eigenvalue weighted by Crippen LogP contribution is 2.36. The number of carbonyl (C=O) groups is 1. The van der Waals surface area contributed by atoms with Crippen LogP contribution in [-0.2, 0) is 13.6 Å². The van der Waals surface area contributed by atoms with E-state index in [0.717, 1.165) is 5.56 Å². The second-order valence-electron chi connectivity index (χ2n) is 8.19. The van der Waals surface area contributed by atoms with E-state index in [1.807, 2.05) is 13.0 Å². The van der Waals surface area contributed by atoms with Gasteiger partial charge in [0.05, 0.1) is 22.6 Å². The number of hydrogen-bond donors (Lipinski definition) is 2. The molecule has 1 amide bonds. The van der Waals surface area contributed by atoms with Gasteiger partial charge in [-0.05, 0) is 49.7 Å². The first-order chi connectivity index (χ1) is 15.1. The highest BCUT2D eigenvalue weighted by atomic mass is 19.4. The molecule has 1 saturated heterocycles. The van der Waals surface area contributed by atoms with Gasteiger partial charge in [0.25, 0.3) is 5.91 Å². The fourth-order valence-electron chi connectivity index (χ4n) is 4.04. The Balaban J connectivity index is 1.36. The number of aromatic nitrogens is 3. The van der Waals surface area contributed by atoms with Gasteiger partial charge in [-0.2, -0.15) is 13.2 Å². The van der Waals surface area contributed by atoms with E-state index in [2.05, 4.69) is 15.3 Å². The topological polar surface area (TPSA) is 83.0 Å². The SMILES string of the molecule is CC(c1ccc(CNC(=O)c2ccc3c(c2)[nH]c(=O)n3C)cn1)N1CCC(C(F)(F)F)C1. The van der Waals surface area contributed by atoms with Crippen LogP contribution in [0.1, 0.15) is 41.0 Å². The maximum Gasteiger partial charge on any atom is 0.393 e. The number of rotatable bonds is 5. The van der Waals surface area contributed by atoms with Crippen molar-refractivity contribution in [1.82, 2.24) is 24.8 Å². The summed E-state index contributed by atoms with van der Waals surface area (Å²) in [5, 5.41) is 2.81. The van der Waals surface area contributed by atoms with Gasteiger partial charge in [0, 0.05) is 37.9 Å². The highest BCUT2D eigenvalue weighted by Gasteiger charge is 2.44. The monoisotopic (exact) mass is 447 g/mol. The van der Waals surface area contributed by atoms with Crippen LogP contribution in [0.4, 0.5) is 13.2 Å². The molecule has 0 radical (unpaired) electrons. The Hall–Kier alpha value is -3.14. The van der Waals surface area contributed by atoms with Crippen molar-refractivity contribution in [3.8, 4) is 0 Å². The molecule has 2 N–H and O–H groups in total. The Morgan fingerprint density at radius 2 is 2.09 bits per heavy atom. The summed E-state index contributed by atoms with van der Waals surface area (Å²) < 4.78 is 40.3. The molecule has 10 heteroatoms. The standard InChI is InChI=1S/C22H24F3N5O2/c1-13(30-8-7-16(12-30)22(23,24)25)17-5-3-14(10-26-17)11-27-20(31)15-4-6-19-18(9-15)28-21(32)29(19)2/h3-6,9-10,13,16H,7-8,11-12H2,1-2H3,(H,27,31)(H,28,32). The van der Waals surface area contributed by atoms with Crippen LogP contribution < -0.4 is 11.0 Å². The Labute approximate surface area is 182 Å². The number of H-pyrrole nitrogens is 1. The summed E-state index contributed by atoms with van der Waals surface area (Å²) in [6.45, 7) is 2.49. The van der Waals surface area contributed by atoms with Crippen molar-refractivity contribution in [1.29, 1.82) is 0 Å². The third kappa shape index (κ3) is 4.40. The van der Waals surface area contributed by atoms with E-state index in [0.29, 0.717) is 28.8 Å². The first-order valence-electron chi connectivity index (χ1n) is 10.4. The number of carbonyl (C=O) groups excluding carboxylic acids is 1. The van der Waals surface area contributed by atoms with Crippen molar-refractivity contribution in [2.75, 3.05) is 13.1 Å². The van der Waals surface area contributed by atoms with Gasteiger partial charge in [0.1, 0.15) is 0 Å². The molecule has 0 spiro atoms. The van der Waals surface area contributed by atoms with Crippen molar-refractivity contribution in [3.05, 3.63) is 63.8 Å². The van der Waals surface area contributed by atoms with Crippen molar-refractivity contribution in [2.24, 2.45) is 13.0 Å². The first kappa shape index (κ1) is 22.1. The third-order valence-electron chi connectivity index (χ3n) is 6.13. The molecule has 7 nitrogen and oxygen atoms in total. The third-order valence-corrected chi connectivity index (χ3v) is 6.13. The predicted molar refractivity (Wildman–Crippen MR) is 113 cm³/mol. The second kappa shape index (κ2) is 8.42. The van der Waals surface area contributed by atoms with Crippen LogP contribution in [-0.4, -0.2) is 44.6 Å². The normalized spacial score (nSPS) is 18.2. The summed E-state index contributed by atoms with van der Waals surface area (Å²) in [7, 11) is 1.65. The van der Waals surface area contributed by atoms with Gasteiger partial charge in [-0.15, -0.1) is 0 Å². The van der Waals surface area contributed by atoms with E-state index in [-0.39, 0.29) is 37.1 Å². The molecule has 0 saturated carbocycles. The molecule has 1 aliphatic heterocycles. The molecule has 0 aliphatic carbocycles. The van der Waals surface area contributed by atoms with E-state index in [1.165, 1.54) is 4.57 Å². The van der Waals surface area contributed by atoms with Gasteiger partial charge in [-0.3, -0.25) is 19.2 Å². The summed E-state index contributed by atoms with van der Waals surface area (Å²) in [6.07, 6.45) is -2.42. The lowest BCUT2D eigenvalue weighted by atomic mass is 10.1. The number of benzene rings is 1. The first-order valence-corrected chi connectivity index (χ1v) is 10.4. The largest absolute Gasteiger partial charge is 0.393 e. The van der Waals surface area contributed by atoms with Gasteiger partial charge in [-0.1, -0.05) is 6.07 Å². The lowest BCUT2D eigenvalue weighted by Gasteiger charge is -2.24. The number of aryl methyl sites for hydroxylation is 1. The van der Waals surface area contributed by atoms with Crippen LogP contribution in [0.2, 0.25) is 0 Å². The fraction of sp³-hybridized carbons (Fsp3) is 0.409. The molecular formula is C22H24F3N5O2. The van der Waals surface area contributed by atoms with Gasteiger partial charge in [0.15, 0.2) is 0 Å². The van der Waals surface area contributed by atoms with E-state index in [1.54, 1.807) is 42.4 Å². The molecular weight excluding hydrogens is 423 g/mol. The average Bonchev–Trinajstić information content (AvgIpc) is 3.37. The van der Waals surface area contributed by atoms with Crippen LogP contribution in [0.15, 0.2) is 41.3 Å². The number of pyridine rings is 1. The second-order valence-corrected chi connectivity index (χ2v) is 8.19. The van der Waals surface area contributed by atoms with Crippen LogP contribution in [0.25, 0.3) is 11.0 Å². The minimum atomic E-state index is -4.16. The molecule has 4 rings (SSSR count). The van der Waals surface area contributed by atoms with E-state index in [9.17, 15) is 22.8 Å². The molecule has 3 heterocycles. The summed E-state index contributed by atoms with van der Waals surface area (Å²) in [5.41, 5.74) is 2.94. The Kier molecular flexibility index (Phi) is 5.81. The molecule has 2 aromatic heterocycles. The minimum absolute atomic E-state index is 0.0127. The molecule has 1 aromatic carbocycles. The number of amides is 1. The Morgan fingerprint density at radius 3 is 2.75 bits per heavy atom. The maximum atomic E-state index is 12.9. The molecule has 1 aliphatic rings. The van der Waals surface area contributed by atoms with E-state index in [4.69, 9.17) is 0 Å². The fourth-order valence-corrected chi connectivity index (χ4v) is 4.04. The summed E-state index contributed by atoms with van der Waals surface area (Å²) in [5.74, 6) is -1.57. The summed E-state index contributed by atoms with van der Waals surface area (Å²) in [4.78, 5) is 33.1. The van der Waals surface area contributed by atoms with Crippen molar-refractivity contribution < 1.29 is 18.0 Å². The van der Waals surface area contributed by atoms with Gasteiger partial charge >= 0.3 is 11.9 Å². The lowest BCUT2D eigenvalue weighted by molar-refractivity contribution is -0.170. The number of aromatic amines is 1. The van der Waals surface area contributed by atoms with Crippen LogP contribution in [0.3, 0.4) is 0 Å². The predicted octanol–water partition coefficient (Wildman–Crippen LogP) is 3.14. The zero-order chi connectivity index (χ0) is 23.0. The van der Waals surface area contributed by atoms with Crippen LogP contribution >= 0.6 is 0 Å². The molecule has 1 fully saturated rings. The zero-order valence-electron chi connectivity index (χ0n) is 17.7. The number of hydrogen-bond acceptors (Lipinski definition) is 4.